The molecule has 6 nitrogen and oxygen atoms in total. The van der Waals surface area contributed by atoms with Gasteiger partial charge >= 0.3 is 5.97 Å². The molecule has 7 heteroatoms. The van der Waals surface area contributed by atoms with Gasteiger partial charge in [-0.05, 0) is 49.8 Å². The number of carbonyl (C=O) groups is 1. The molecule has 1 aromatic heterocycles. The average Bonchev–Trinajstić information content (AvgIpc) is 3.19. The molecular formula is C18H22ClN3O3. The van der Waals surface area contributed by atoms with Crippen LogP contribution in [0.1, 0.15) is 25.3 Å². The van der Waals surface area contributed by atoms with Crippen LogP contribution in [-0.4, -0.2) is 38.6 Å². The third-order valence-electron chi connectivity index (χ3n) is 5.52. The van der Waals surface area contributed by atoms with E-state index in [0.29, 0.717) is 17.9 Å². The van der Waals surface area contributed by atoms with Crippen LogP contribution < -0.4 is 0 Å². The highest BCUT2D eigenvalue weighted by Gasteiger charge is 2.61. The Morgan fingerprint density at radius 3 is 2.76 bits per heavy atom. The summed E-state index contributed by atoms with van der Waals surface area (Å²) in [7, 11) is 1.36. The lowest BCUT2D eigenvalue weighted by atomic mass is 9.71. The fraction of sp³-hybridized carbons (Fsp3) is 0.500. The Bertz CT molecular complexity index is 735. The van der Waals surface area contributed by atoms with E-state index in [9.17, 15) is 9.90 Å². The SMILES string of the molecule is COC(=O)[C@@]1(C)CC[C@H](Cc2ccc(Cl)cc2)[C@@]1(O)Cn1cncn1. The zero-order valence-corrected chi connectivity index (χ0v) is 15.1. The number of carbonyl (C=O) groups excluding carboxylic acids is 1. The normalized spacial score (nSPS) is 28.9. The smallest absolute Gasteiger partial charge is 0.314 e. The van der Waals surface area contributed by atoms with Gasteiger partial charge in [-0.3, -0.25) is 9.48 Å². The van der Waals surface area contributed by atoms with Crippen LogP contribution in [0.5, 0.6) is 0 Å². The van der Waals surface area contributed by atoms with Gasteiger partial charge in [-0.15, -0.1) is 0 Å². The Morgan fingerprint density at radius 2 is 2.16 bits per heavy atom. The summed E-state index contributed by atoms with van der Waals surface area (Å²) in [6.07, 6.45) is 4.90. The lowest BCUT2D eigenvalue weighted by Gasteiger charge is -2.40. The first-order chi connectivity index (χ1) is 11.9. The molecule has 1 aliphatic rings. The monoisotopic (exact) mass is 363 g/mol. The summed E-state index contributed by atoms with van der Waals surface area (Å²) in [5.41, 5.74) is -1.21. The molecule has 0 aliphatic heterocycles. The van der Waals surface area contributed by atoms with Gasteiger partial charge in [-0.2, -0.15) is 5.10 Å². The number of hydrogen-bond donors (Lipinski definition) is 1. The third-order valence-corrected chi connectivity index (χ3v) is 5.78. The molecule has 1 aliphatic carbocycles. The second-order valence-electron chi connectivity index (χ2n) is 6.91. The number of benzene rings is 1. The van der Waals surface area contributed by atoms with Gasteiger partial charge in [-0.1, -0.05) is 23.7 Å². The summed E-state index contributed by atoms with van der Waals surface area (Å²) in [5.74, 6) is -0.504. The molecule has 0 bridgehead atoms. The van der Waals surface area contributed by atoms with E-state index >= 15 is 0 Å². The molecule has 0 amide bonds. The van der Waals surface area contributed by atoms with E-state index in [4.69, 9.17) is 16.3 Å². The van der Waals surface area contributed by atoms with Crippen molar-refractivity contribution in [3.05, 3.63) is 47.5 Å². The molecule has 25 heavy (non-hydrogen) atoms. The lowest BCUT2D eigenvalue weighted by Crippen LogP contribution is -2.54. The highest BCUT2D eigenvalue weighted by atomic mass is 35.5. The van der Waals surface area contributed by atoms with Crippen molar-refractivity contribution in [1.82, 2.24) is 14.8 Å². The van der Waals surface area contributed by atoms with Crippen molar-refractivity contribution in [3.8, 4) is 0 Å². The first kappa shape index (κ1) is 17.9. The summed E-state index contributed by atoms with van der Waals surface area (Å²) in [4.78, 5) is 16.4. The van der Waals surface area contributed by atoms with Crippen LogP contribution in [0.25, 0.3) is 0 Å². The van der Waals surface area contributed by atoms with Gasteiger partial charge in [0.15, 0.2) is 0 Å². The van der Waals surface area contributed by atoms with Gasteiger partial charge in [0, 0.05) is 5.02 Å². The number of nitrogens with zero attached hydrogens (tertiary/aromatic N) is 3. The minimum absolute atomic E-state index is 0.109. The van der Waals surface area contributed by atoms with Crippen molar-refractivity contribution in [3.63, 3.8) is 0 Å². The van der Waals surface area contributed by atoms with Gasteiger partial charge in [0.25, 0.3) is 0 Å². The molecule has 1 fully saturated rings. The molecule has 134 valence electrons. The second-order valence-corrected chi connectivity index (χ2v) is 7.34. The highest BCUT2D eigenvalue weighted by molar-refractivity contribution is 6.30. The lowest BCUT2D eigenvalue weighted by molar-refractivity contribution is -0.173. The Kier molecular flexibility index (Phi) is 4.84. The topological polar surface area (TPSA) is 77.2 Å². The fourth-order valence-electron chi connectivity index (χ4n) is 3.91. The molecule has 0 radical (unpaired) electrons. The van der Waals surface area contributed by atoms with Crippen molar-refractivity contribution >= 4 is 17.6 Å². The zero-order chi connectivity index (χ0) is 18.1. The van der Waals surface area contributed by atoms with E-state index in [2.05, 4.69) is 10.1 Å². The van der Waals surface area contributed by atoms with Crippen LogP contribution in [0.4, 0.5) is 0 Å². The van der Waals surface area contributed by atoms with Crippen LogP contribution in [0.3, 0.4) is 0 Å². The number of esters is 1. The second kappa shape index (κ2) is 6.77. The maximum Gasteiger partial charge on any atom is 0.314 e. The molecule has 1 aromatic carbocycles. The molecule has 0 unspecified atom stereocenters. The third kappa shape index (κ3) is 3.16. The van der Waals surface area contributed by atoms with Crippen LogP contribution in [0, 0.1) is 11.3 Å². The van der Waals surface area contributed by atoms with Gasteiger partial charge in [0.1, 0.15) is 18.3 Å². The van der Waals surface area contributed by atoms with E-state index in [0.717, 1.165) is 12.0 Å². The van der Waals surface area contributed by atoms with E-state index in [1.54, 1.807) is 17.9 Å². The summed E-state index contributed by atoms with van der Waals surface area (Å²) < 4.78 is 6.58. The Morgan fingerprint density at radius 1 is 1.44 bits per heavy atom. The molecule has 3 atom stereocenters. The van der Waals surface area contributed by atoms with Crippen molar-refractivity contribution in [2.45, 2.75) is 38.3 Å². The van der Waals surface area contributed by atoms with E-state index < -0.39 is 17.0 Å². The van der Waals surface area contributed by atoms with E-state index in [-0.39, 0.29) is 12.5 Å². The van der Waals surface area contributed by atoms with Crippen LogP contribution in [-0.2, 0) is 22.5 Å². The van der Waals surface area contributed by atoms with Crippen molar-refractivity contribution in [1.29, 1.82) is 0 Å². The maximum absolute atomic E-state index is 12.5. The van der Waals surface area contributed by atoms with Crippen molar-refractivity contribution < 1.29 is 14.6 Å². The number of halogens is 1. The van der Waals surface area contributed by atoms with Crippen LogP contribution in [0.2, 0.25) is 5.02 Å². The number of hydrogen-bond acceptors (Lipinski definition) is 5. The zero-order valence-electron chi connectivity index (χ0n) is 14.4. The molecule has 3 rings (SSSR count). The van der Waals surface area contributed by atoms with Gasteiger partial charge < -0.3 is 9.84 Å². The van der Waals surface area contributed by atoms with Gasteiger partial charge in [0.2, 0.25) is 0 Å². The molecule has 0 spiro atoms. The van der Waals surface area contributed by atoms with Gasteiger partial charge in [-0.25, -0.2) is 4.98 Å². The minimum atomic E-state index is -1.28. The van der Waals surface area contributed by atoms with Crippen LogP contribution in [0.15, 0.2) is 36.9 Å². The number of methoxy groups -OCH3 is 1. The standard InChI is InChI=1S/C18H22ClN3O3/c1-17(16(23)25-2)8-7-14(9-13-3-5-15(19)6-4-13)18(17,24)10-22-12-20-11-21-22/h3-6,11-12,14,24H,7-10H2,1-2H3/t14-,17-,18+/m1/s1. The molecule has 1 N–H and O–H groups in total. The quantitative estimate of drug-likeness (QED) is 0.826. The Labute approximate surface area is 151 Å². The molecule has 1 heterocycles. The number of aliphatic hydroxyl groups is 1. The summed E-state index contributed by atoms with van der Waals surface area (Å²) in [6, 6.07) is 7.57. The minimum Gasteiger partial charge on any atom is -0.469 e. The average molecular weight is 364 g/mol. The number of rotatable bonds is 5. The predicted octanol–water partition coefficient (Wildman–Crippen LogP) is 2.49. The van der Waals surface area contributed by atoms with Crippen molar-refractivity contribution in [2.24, 2.45) is 11.3 Å². The van der Waals surface area contributed by atoms with Crippen LogP contribution >= 0.6 is 11.6 Å². The Hall–Kier alpha value is -1.92. The molecule has 0 saturated heterocycles. The van der Waals surface area contributed by atoms with E-state index in [1.807, 2.05) is 24.3 Å². The summed E-state index contributed by atoms with van der Waals surface area (Å²) in [6.45, 7) is 1.97. The predicted molar refractivity (Wildman–Crippen MR) is 93.0 cm³/mol. The molecule has 2 aromatic rings. The maximum atomic E-state index is 12.5. The highest BCUT2D eigenvalue weighted by Crippen LogP contribution is 2.52. The summed E-state index contributed by atoms with van der Waals surface area (Å²) in [5, 5.41) is 16.4. The molecule has 1 saturated carbocycles. The fourth-order valence-corrected chi connectivity index (χ4v) is 4.04. The molecular weight excluding hydrogens is 342 g/mol. The van der Waals surface area contributed by atoms with Gasteiger partial charge in [0.05, 0.1) is 19.1 Å². The number of ether oxygens (including phenoxy) is 1. The van der Waals surface area contributed by atoms with Crippen molar-refractivity contribution in [2.75, 3.05) is 7.11 Å². The van der Waals surface area contributed by atoms with E-state index in [1.165, 1.54) is 13.4 Å². The first-order valence-electron chi connectivity index (χ1n) is 8.27. The largest absolute Gasteiger partial charge is 0.469 e. The Balaban J connectivity index is 1.93. The number of aromatic nitrogens is 3. The first-order valence-corrected chi connectivity index (χ1v) is 8.64. The summed E-state index contributed by atoms with van der Waals surface area (Å²) >= 11 is 5.96.